The first-order valence-corrected chi connectivity index (χ1v) is 7.71. The Morgan fingerprint density at radius 3 is 2.76 bits per heavy atom. The second kappa shape index (κ2) is 7.57. The zero-order valence-electron chi connectivity index (χ0n) is 13.9. The Kier molecular flexibility index (Phi) is 5.03. The highest BCUT2D eigenvalue weighted by Crippen LogP contribution is 2.25. The van der Waals surface area contributed by atoms with Crippen LogP contribution in [0.15, 0.2) is 51.6 Å². The maximum Gasteiger partial charge on any atom is 0.273 e. The first kappa shape index (κ1) is 16.6. The monoisotopic (exact) mass is 342 g/mol. The summed E-state index contributed by atoms with van der Waals surface area (Å²) in [6.45, 7) is 0.435. The minimum absolute atomic E-state index is 0.202. The predicted molar refractivity (Wildman–Crippen MR) is 89.8 cm³/mol. The third-order valence-corrected chi connectivity index (χ3v) is 3.68. The van der Waals surface area contributed by atoms with Crippen molar-refractivity contribution in [1.82, 2.24) is 10.5 Å². The van der Waals surface area contributed by atoms with E-state index in [9.17, 15) is 4.79 Å². The standard InChI is InChI=1S/C18H18N2O5/c1-22-13-6-5-12(16(10-13)23-2)7-8-19-18(21)14-11-17(25-20-14)15-4-3-9-24-15/h3-6,9-11H,7-8H2,1-2H3,(H,19,21). The molecule has 25 heavy (non-hydrogen) atoms. The largest absolute Gasteiger partial charge is 0.497 e. The average Bonchev–Trinajstić information content (AvgIpc) is 3.33. The van der Waals surface area contributed by atoms with Gasteiger partial charge in [0.15, 0.2) is 11.5 Å². The summed E-state index contributed by atoms with van der Waals surface area (Å²) in [7, 11) is 3.20. The molecule has 0 fully saturated rings. The van der Waals surface area contributed by atoms with Crippen molar-refractivity contribution in [2.24, 2.45) is 0 Å². The lowest BCUT2D eigenvalue weighted by molar-refractivity contribution is 0.0945. The van der Waals surface area contributed by atoms with Crippen molar-refractivity contribution < 1.29 is 23.2 Å². The Morgan fingerprint density at radius 2 is 2.04 bits per heavy atom. The Bertz CT molecular complexity index is 839. The first-order valence-electron chi connectivity index (χ1n) is 7.71. The summed E-state index contributed by atoms with van der Waals surface area (Å²) in [5, 5.41) is 6.57. The smallest absolute Gasteiger partial charge is 0.273 e. The van der Waals surface area contributed by atoms with E-state index in [4.69, 9.17) is 18.4 Å². The molecular formula is C18H18N2O5. The number of amides is 1. The lowest BCUT2D eigenvalue weighted by Crippen LogP contribution is -2.26. The van der Waals surface area contributed by atoms with Gasteiger partial charge in [0.25, 0.3) is 5.91 Å². The number of carbonyl (C=O) groups excluding carboxylic acids is 1. The van der Waals surface area contributed by atoms with Crippen molar-refractivity contribution in [2.45, 2.75) is 6.42 Å². The maximum absolute atomic E-state index is 12.2. The van der Waals surface area contributed by atoms with E-state index < -0.39 is 0 Å². The number of ether oxygens (including phenoxy) is 2. The number of hydrogen-bond donors (Lipinski definition) is 1. The van der Waals surface area contributed by atoms with Crippen LogP contribution in [0.4, 0.5) is 0 Å². The second-order valence-electron chi connectivity index (χ2n) is 5.24. The van der Waals surface area contributed by atoms with Gasteiger partial charge < -0.3 is 23.7 Å². The fourth-order valence-electron chi connectivity index (χ4n) is 2.38. The fraction of sp³-hybridized carbons (Fsp3) is 0.222. The number of nitrogens with zero attached hydrogens (tertiary/aromatic N) is 1. The zero-order chi connectivity index (χ0) is 17.6. The van der Waals surface area contributed by atoms with Crippen LogP contribution in [0.1, 0.15) is 16.1 Å². The van der Waals surface area contributed by atoms with Gasteiger partial charge in [-0.3, -0.25) is 4.79 Å². The van der Waals surface area contributed by atoms with Crippen LogP contribution in [0.2, 0.25) is 0 Å². The highest BCUT2D eigenvalue weighted by molar-refractivity contribution is 5.92. The lowest BCUT2D eigenvalue weighted by atomic mass is 10.1. The Balaban J connectivity index is 1.58. The first-order chi connectivity index (χ1) is 12.2. The van der Waals surface area contributed by atoms with E-state index in [1.54, 1.807) is 32.4 Å². The van der Waals surface area contributed by atoms with Crippen molar-refractivity contribution in [3.05, 3.63) is 53.9 Å². The van der Waals surface area contributed by atoms with E-state index >= 15 is 0 Å². The van der Waals surface area contributed by atoms with Crippen molar-refractivity contribution in [3.63, 3.8) is 0 Å². The topological polar surface area (TPSA) is 86.7 Å². The summed E-state index contributed by atoms with van der Waals surface area (Å²) in [6, 6.07) is 10.6. The number of hydrogen-bond acceptors (Lipinski definition) is 6. The molecule has 0 atom stereocenters. The van der Waals surface area contributed by atoms with Gasteiger partial charge in [0.1, 0.15) is 11.5 Å². The number of furan rings is 1. The van der Waals surface area contributed by atoms with Crippen LogP contribution in [0.5, 0.6) is 11.5 Å². The number of carbonyl (C=O) groups is 1. The summed E-state index contributed by atoms with van der Waals surface area (Å²) in [5.41, 5.74) is 1.17. The molecule has 0 radical (unpaired) electrons. The molecule has 0 spiro atoms. The van der Waals surface area contributed by atoms with E-state index in [0.717, 1.165) is 17.1 Å². The van der Waals surface area contributed by atoms with Crippen molar-refractivity contribution in [1.29, 1.82) is 0 Å². The normalized spacial score (nSPS) is 10.5. The van der Waals surface area contributed by atoms with E-state index in [1.165, 1.54) is 6.26 Å². The molecular weight excluding hydrogens is 324 g/mol. The average molecular weight is 342 g/mol. The number of benzene rings is 1. The van der Waals surface area contributed by atoms with Gasteiger partial charge in [-0.25, -0.2) is 0 Å². The Morgan fingerprint density at radius 1 is 1.16 bits per heavy atom. The number of aromatic nitrogens is 1. The van der Waals surface area contributed by atoms with Gasteiger partial charge in [0.2, 0.25) is 5.76 Å². The van der Waals surface area contributed by atoms with Crippen molar-refractivity contribution in [2.75, 3.05) is 20.8 Å². The molecule has 7 nitrogen and oxygen atoms in total. The zero-order valence-corrected chi connectivity index (χ0v) is 13.9. The molecule has 1 N–H and O–H groups in total. The molecule has 0 unspecified atom stereocenters. The molecule has 1 aromatic carbocycles. The van der Waals surface area contributed by atoms with E-state index in [0.29, 0.717) is 24.5 Å². The SMILES string of the molecule is COc1ccc(CCNC(=O)c2cc(-c3ccco3)on2)c(OC)c1. The van der Waals surface area contributed by atoms with E-state index in [2.05, 4.69) is 10.5 Å². The van der Waals surface area contributed by atoms with Crippen LogP contribution < -0.4 is 14.8 Å². The highest BCUT2D eigenvalue weighted by Gasteiger charge is 2.15. The van der Waals surface area contributed by atoms with Crippen LogP contribution in [-0.2, 0) is 6.42 Å². The Hall–Kier alpha value is -3.22. The molecule has 1 amide bonds. The van der Waals surface area contributed by atoms with Crippen LogP contribution in [0.25, 0.3) is 11.5 Å². The summed E-state index contributed by atoms with van der Waals surface area (Å²) in [6.07, 6.45) is 2.14. The van der Waals surface area contributed by atoms with Gasteiger partial charge in [-0.2, -0.15) is 0 Å². The second-order valence-corrected chi connectivity index (χ2v) is 5.24. The molecule has 0 saturated heterocycles. The minimum Gasteiger partial charge on any atom is -0.497 e. The van der Waals surface area contributed by atoms with Gasteiger partial charge in [-0.1, -0.05) is 11.2 Å². The van der Waals surface area contributed by atoms with Crippen LogP contribution in [0, 0.1) is 0 Å². The van der Waals surface area contributed by atoms with Gasteiger partial charge in [-0.15, -0.1) is 0 Å². The van der Waals surface area contributed by atoms with Gasteiger partial charge in [0, 0.05) is 18.7 Å². The highest BCUT2D eigenvalue weighted by atomic mass is 16.5. The number of rotatable bonds is 7. The maximum atomic E-state index is 12.2. The van der Waals surface area contributed by atoms with Crippen LogP contribution >= 0.6 is 0 Å². The molecule has 0 aliphatic rings. The minimum atomic E-state index is -0.311. The summed E-state index contributed by atoms with van der Waals surface area (Å²) in [4.78, 5) is 12.2. The number of methoxy groups -OCH3 is 2. The van der Waals surface area contributed by atoms with Crippen LogP contribution in [-0.4, -0.2) is 31.8 Å². The Labute approximate surface area is 144 Å². The molecule has 7 heteroatoms. The van der Waals surface area contributed by atoms with Crippen molar-refractivity contribution in [3.8, 4) is 23.0 Å². The third-order valence-electron chi connectivity index (χ3n) is 3.68. The molecule has 2 heterocycles. The molecule has 0 aliphatic heterocycles. The van der Waals surface area contributed by atoms with Gasteiger partial charge in [0.05, 0.1) is 20.5 Å². The quantitative estimate of drug-likeness (QED) is 0.710. The molecule has 2 aromatic heterocycles. The summed E-state index contributed by atoms with van der Waals surface area (Å²) < 4.78 is 20.8. The molecule has 3 aromatic rings. The predicted octanol–water partition coefficient (Wildman–Crippen LogP) is 2.92. The summed E-state index contributed by atoms with van der Waals surface area (Å²) in [5.74, 6) is 2.06. The molecule has 0 bridgehead atoms. The van der Waals surface area contributed by atoms with E-state index in [-0.39, 0.29) is 11.6 Å². The molecule has 0 aliphatic carbocycles. The van der Waals surface area contributed by atoms with Crippen LogP contribution in [0.3, 0.4) is 0 Å². The molecule has 0 saturated carbocycles. The number of nitrogens with one attached hydrogen (secondary N) is 1. The van der Waals surface area contributed by atoms with E-state index in [1.807, 2.05) is 18.2 Å². The molecule has 130 valence electrons. The lowest BCUT2D eigenvalue weighted by Gasteiger charge is -2.10. The van der Waals surface area contributed by atoms with Crippen molar-refractivity contribution >= 4 is 5.91 Å². The summed E-state index contributed by atoms with van der Waals surface area (Å²) >= 11 is 0. The third kappa shape index (κ3) is 3.82. The van der Waals surface area contributed by atoms with Gasteiger partial charge in [-0.05, 0) is 30.2 Å². The fourth-order valence-corrected chi connectivity index (χ4v) is 2.38. The molecule has 3 rings (SSSR count). The van der Waals surface area contributed by atoms with Gasteiger partial charge >= 0.3 is 0 Å².